The molecule has 21 heavy (non-hydrogen) atoms. The predicted molar refractivity (Wildman–Crippen MR) is 76.5 cm³/mol. The van der Waals surface area contributed by atoms with Crippen molar-refractivity contribution >= 4 is 11.8 Å². The normalized spacial score (nSPS) is 17.2. The van der Waals surface area contributed by atoms with Gasteiger partial charge >= 0.3 is 5.97 Å². The predicted octanol–water partition coefficient (Wildman–Crippen LogP) is 1.67. The Morgan fingerprint density at radius 3 is 2.95 bits per heavy atom. The zero-order valence-electron chi connectivity index (χ0n) is 11.6. The van der Waals surface area contributed by atoms with Crippen molar-refractivity contribution in [3.8, 4) is 5.88 Å². The molecule has 6 nitrogen and oxygen atoms in total. The molecule has 1 aliphatic heterocycles. The number of carbonyl (C=O) groups is 1. The van der Waals surface area contributed by atoms with Crippen LogP contribution in [0, 0.1) is 0 Å². The van der Waals surface area contributed by atoms with Gasteiger partial charge in [0.05, 0.1) is 13.0 Å². The SMILES string of the molecule is COc1cc(N2Cc3ccccc3C(C(=O)O)C2)ncn1. The Hall–Kier alpha value is -2.63. The van der Waals surface area contributed by atoms with Gasteiger partial charge in [0, 0.05) is 19.2 Å². The number of anilines is 1. The average molecular weight is 285 g/mol. The molecule has 1 aromatic carbocycles. The van der Waals surface area contributed by atoms with E-state index in [1.165, 1.54) is 13.4 Å². The molecule has 2 heterocycles. The molecule has 1 aromatic heterocycles. The van der Waals surface area contributed by atoms with Gasteiger partial charge in [-0.3, -0.25) is 4.79 Å². The lowest BCUT2D eigenvalue weighted by atomic mass is 9.90. The molecule has 1 atom stereocenters. The fourth-order valence-corrected chi connectivity index (χ4v) is 2.61. The number of fused-ring (bicyclic) bond motifs is 1. The summed E-state index contributed by atoms with van der Waals surface area (Å²) in [6, 6.07) is 9.34. The summed E-state index contributed by atoms with van der Waals surface area (Å²) >= 11 is 0. The van der Waals surface area contributed by atoms with E-state index >= 15 is 0 Å². The van der Waals surface area contributed by atoms with Gasteiger partial charge < -0.3 is 14.7 Å². The topological polar surface area (TPSA) is 75.5 Å². The molecule has 0 spiro atoms. The Morgan fingerprint density at radius 1 is 1.38 bits per heavy atom. The van der Waals surface area contributed by atoms with Gasteiger partial charge in [-0.2, -0.15) is 0 Å². The minimum absolute atomic E-state index is 0.381. The first-order valence-electron chi connectivity index (χ1n) is 6.60. The summed E-state index contributed by atoms with van der Waals surface area (Å²) in [6.45, 7) is 1.01. The van der Waals surface area contributed by atoms with E-state index in [0.29, 0.717) is 24.8 Å². The third-order valence-electron chi connectivity index (χ3n) is 3.65. The lowest BCUT2D eigenvalue weighted by Crippen LogP contribution is -2.37. The van der Waals surface area contributed by atoms with Gasteiger partial charge in [-0.05, 0) is 11.1 Å². The first-order valence-corrected chi connectivity index (χ1v) is 6.60. The average Bonchev–Trinajstić information content (AvgIpc) is 2.53. The Balaban J connectivity index is 1.97. The molecule has 0 aliphatic carbocycles. The summed E-state index contributed by atoms with van der Waals surface area (Å²) in [4.78, 5) is 21.7. The zero-order chi connectivity index (χ0) is 14.8. The largest absolute Gasteiger partial charge is 0.481 e. The maximum Gasteiger partial charge on any atom is 0.312 e. The highest BCUT2D eigenvalue weighted by Gasteiger charge is 2.30. The van der Waals surface area contributed by atoms with E-state index in [-0.39, 0.29) is 0 Å². The number of methoxy groups -OCH3 is 1. The molecule has 2 aromatic rings. The summed E-state index contributed by atoms with van der Waals surface area (Å²) in [5.74, 6) is -0.252. The van der Waals surface area contributed by atoms with Gasteiger partial charge in [0.2, 0.25) is 5.88 Å². The van der Waals surface area contributed by atoms with Gasteiger partial charge in [0.1, 0.15) is 12.1 Å². The Morgan fingerprint density at radius 2 is 2.19 bits per heavy atom. The van der Waals surface area contributed by atoms with Crippen molar-refractivity contribution in [2.24, 2.45) is 0 Å². The van der Waals surface area contributed by atoms with Crippen molar-refractivity contribution in [3.63, 3.8) is 0 Å². The summed E-state index contributed by atoms with van der Waals surface area (Å²) < 4.78 is 5.10. The number of carboxylic acid groups (broad SMARTS) is 1. The lowest BCUT2D eigenvalue weighted by molar-refractivity contribution is -0.138. The molecule has 0 saturated heterocycles. The van der Waals surface area contributed by atoms with Crippen molar-refractivity contribution < 1.29 is 14.6 Å². The zero-order valence-corrected chi connectivity index (χ0v) is 11.6. The first kappa shape index (κ1) is 13.4. The standard InChI is InChI=1S/C15H15N3O3/c1-21-14-6-13(16-9-17-14)18-7-10-4-2-3-5-11(10)12(8-18)15(19)20/h2-6,9,12H,7-8H2,1H3,(H,19,20). The van der Waals surface area contributed by atoms with E-state index in [2.05, 4.69) is 9.97 Å². The van der Waals surface area contributed by atoms with Crippen LogP contribution in [0.1, 0.15) is 17.0 Å². The van der Waals surface area contributed by atoms with Crippen LogP contribution in [0.3, 0.4) is 0 Å². The van der Waals surface area contributed by atoms with Crippen molar-refractivity contribution in [1.82, 2.24) is 9.97 Å². The molecule has 1 unspecified atom stereocenters. The molecule has 0 saturated carbocycles. The minimum atomic E-state index is -0.826. The van der Waals surface area contributed by atoms with Crippen LogP contribution in [0.4, 0.5) is 5.82 Å². The van der Waals surface area contributed by atoms with Crippen LogP contribution in [-0.2, 0) is 11.3 Å². The summed E-state index contributed by atoms with van der Waals surface area (Å²) in [6.07, 6.45) is 1.42. The van der Waals surface area contributed by atoms with E-state index in [1.807, 2.05) is 29.2 Å². The molecular weight excluding hydrogens is 270 g/mol. The number of benzene rings is 1. The highest BCUT2D eigenvalue weighted by atomic mass is 16.5. The van der Waals surface area contributed by atoms with Crippen LogP contribution in [0.5, 0.6) is 5.88 Å². The van der Waals surface area contributed by atoms with Crippen molar-refractivity contribution in [2.45, 2.75) is 12.5 Å². The number of hydrogen-bond acceptors (Lipinski definition) is 5. The van der Waals surface area contributed by atoms with Crippen LogP contribution in [0.2, 0.25) is 0 Å². The fourth-order valence-electron chi connectivity index (χ4n) is 2.61. The molecule has 6 heteroatoms. The monoisotopic (exact) mass is 285 g/mol. The van der Waals surface area contributed by atoms with E-state index in [9.17, 15) is 9.90 Å². The first-order chi connectivity index (χ1) is 10.2. The van der Waals surface area contributed by atoms with Gasteiger partial charge in [-0.15, -0.1) is 0 Å². The number of aromatic nitrogens is 2. The number of aliphatic carboxylic acids is 1. The minimum Gasteiger partial charge on any atom is -0.481 e. The third-order valence-corrected chi connectivity index (χ3v) is 3.65. The second-order valence-electron chi connectivity index (χ2n) is 4.89. The Kier molecular flexibility index (Phi) is 3.43. The number of ether oxygens (including phenoxy) is 1. The van der Waals surface area contributed by atoms with Crippen molar-refractivity contribution in [1.29, 1.82) is 0 Å². The summed E-state index contributed by atoms with van der Waals surface area (Å²) in [5, 5.41) is 9.47. The van der Waals surface area contributed by atoms with Gasteiger partial charge in [0.25, 0.3) is 0 Å². The number of carboxylic acids is 1. The lowest BCUT2D eigenvalue weighted by Gasteiger charge is -2.33. The fraction of sp³-hybridized carbons (Fsp3) is 0.267. The number of nitrogens with zero attached hydrogens (tertiary/aromatic N) is 3. The molecule has 0 fully saturated rings. The molecule has 1 N–H and O–H groups in total. The van der Waals surface area contributed by atoms with Crippen molar-refractivity contribution in [2.75, 3.05) is 18.6 Å². The molecule has 0 amide bonds. The molecule has 0 bridgehead atoms. The van der Waals surface area contributed by atoms with E-state index < -0.39 is 11.9 Å². The summed E-state index contributed by atoms with van der Waals surface area (Å²) in [7, 11) is 1.54. The Labute approximate surface area is 122 Å². The summed E-state index contributed by atoms with van der Waals surface area (Å²) in [5.41, 5.74) is 1.89. The maximum atomic E-state index is 11.5. The second-order valence-corrected chi connectivity index (χ2v) is 4.89. The maximum absolute atomic E-state index is 11.5. The van der Waals surface area contributed by atoms with E-state index in [0.717, 1.165) is 11.1 Å². The highest BCUT2D eigenvalue weighted by Crippen LogP contribution is 2.31. The quantitative estimate of drug-likeness (QED) is 0.924. The van der Waals surface area contributed by atoms with Crippen molar-refractivity contribution in [3.05, 3.63) is 47.8 Å². The molecular formula is C15H15N3O3. The van der Waals surface area contributed by atoms with E-state index in [4.69, 9.17) is 4.74 Å². The van der Waals surface area contributed by atoms with Crippen LogP contribution < -0.4 is 9.64 Å². The number of hydrogen-bond donors (Lipinski definition) is 1. The molecule has 0 radical (unpaired) electrons. The molecule has 108 valence electrons. The van der Waals surface area contributed by atoms with Gasteiger partial charge in [0.15, 0.2) is 0 Å². The van der Waals surface area contributed by atoms with Gasteiger partial charge in [-0.25, -0.2) is 9.97 Å². The van der Waals surface area contributed by atoms with Crippen LogP contribution >= 0.6 is 0 Å². The van der Waals surface area contributed by atoms with Gasteiger partial charge in [-0.1, -0.05) is 24.3 Å². The Bertz CT molecular complexity index is 675. The highest BCUT2D eigenvalue weighted by molar-refractivity contribution is 5.78. The van der Waals surface area contributed by atoms with Crippen LogP contribution in [-0.4, -0.2) is 34.7 Å². The molecule has 1 aliphatic rings. The molecule has 3 rings (SSSR count). The second kappa shape index (κ2) is 5.40. The number of rotatable bonds is 3. The van der Waals surface area contributed by atoms with E-state index in [1.54, 1.807) is 6.07 Å². The van der Waals surface area contributed by atoms with Crippen LogP contribution in [0.25, 0.3) is 0 Å². The third kappa shape index (κ3) is 2.52. The van der Waals surface area contributed by atoms with Crippen LogP contribution in [0.15, 0.2) is 36.7 Å². The smallest absolute Gasteiger partial charge is 0.312 e.